The minimum atomic E-state index is -0.519. The maximum absolute atomic E-state index is 9.29. The first-order valence-corrected chi connectivity index (χ1v) is 5.58. The summed E-state index contributed by atoms with van der Waals surface area (Å²) in [6.45, 7) is 3.49. The summed E-state index contributed by atoms with van der Waals surface area (Å²) >= 11 is 3.35. The van der Waals surface area contributed by atoms with Gasteiger partial charge >= 0.3 is 0 Å². The molecule has 15 heavy (non-hydrogen) atoms. The third-order valence-corrected chi connectivity index (χ3v) is 2.79. The lowest BCUT2D eigenvalue weighted by molar-refractivity contribution is 0.0599. The molecule has 1 rings (SSSR count). The zero-order valence-electron chi connectivity index (χ0n) is 8.77. The second-order valence-corrected chi connectivity index (χ2v) is 4.34. The zero-order chi connectivity index (χ0) is 11.4. The SMILES string of the molecule is CC(O)C(C)Oc1ccc(CO)cc1Br. The van der Waals surface area contributed by atoms with Gasteiger partial charge in [0.25, 0.3) is 0 Å². The van der Waals surface area contributed by atoms with Crippen LogP contribution in [0.2, 0.25) is 0 Å². The van der Waals surface area contributed by atoms with Crippen LogP contribution in [0.3, 0.4) is 0 Å². The molecule has 0 radical (unpaired) electrons. The van der Waals surface area contributed by atoms with Crippen molar-refractivity contribution in [1.82, 2.24) is 0 Å². The second kappa shape index (κ2) is 5.49. The van der Waals surface area contributed by atoms with Gasteiger partial charge in [-0.05, 0) is 47.5 Å². The molecule has 0 fully saturated rings. The van der Waals surface area contributed by atoms with Crippen LogP contribution in [-0.2, 0) is 6.61 Å². The average molecular weight is 275 g/mol. The van der Waals surface area contributed by atoms with Crippen molar-refractivity contribution in [2.45, 2.75) is 32.7 Å². The molecule has 0 saturated heterocycles. The van der Waals surface area contributed by atoms with Gasteiger partial charge in [0.05, 0.1) is 17.2 Å². The Kier molecular flexibility index (Phi) is 4.57. The van der Waals surface area contributed by atoms with Crippen LogP contribution in [0, 0.1) is 0 Å². The lowest BCUT2D eigenvalue weighted by atomic mass is 10.2. The van der Waals surface area contributed by atoms with Crippen LogP contribution in [0.15, 0.2) is 22.7 Å². The summed E-state index contributed by atoms with van der Waals surface area (Å²) in [5.74, 6) is 0.667. The monoisotopic (exact) mass is 274 g/mol. The minimum absolute atomic E-state index is 0.00480. The van der Waals surface area contributed by atoms with Gasteiger partial charge in [-0.1, -0.05) is 6.07 Å². The number of benzene rings is 1. The van der Waals surface area contributed by atoms with Gasteiger partial charge in [0.1, 0.15) is 11.9 Å². The van der Waals surface area contributed by atoms with Crippen molar-refractivity contribution in [2.75, 3.05) is 0 Å². The molecule has 2 N–H and O–H groups in total. The fourth-order valence-corrected chi connectivity index (χ4v) is 1.56. The van der Waals surface area contributed by atoms with Gasteiger partial charge in [-0.3, -0.25) is 0 Å². The first-order chi connectivity index (χ1) is 7.04. The normalized spacial score (nSPS) is 14.7. The molecule has 0 aliphatic heterocycles. The number of ether oxygens (including phenoxy) is 1. The quantitative estimate of drug-likeness (QED) is 0.884. The molecule has 0 aliphatic carbocycles. The standard InChI is InChI=1S/C11H15BrO3/c1-7(14)8(2)15-11-4-3-9(6-13)5-10(11)12/h3-5,7-8,13-14H,6H2,1-2H3. The summed E-state index contributed by atoms with van der Waals surface area (Å²) in [6, 6.07) is 5.35. The van der Waals surface area contributed by atoms with Gasteiger partial charge in [0.2, 0.25) is 0 Å². The molecule has 2 atom stereocenters. The van der Waals surface area contributed by atoms with E-state index in [0.29, 0.717) is 5.75 Å². The van der Waals surface area contributed by atoms with Crippen molar-refractivity contribution >= 4 is 15.9 Å². The highest BCUT2D eigenvalue weighted by Gasteiger charge is 2.12. The molecule has 4 heteroatoms. The fraction of sp³-hybridized carbons (Fsp3) is 0.455. The highest BCUT2D eigenvalue weighted by atomic mass is 79.9. The Bertz CT molecular complexity index is 326. The minimum Gasteiger partial charge on any atom is -0.487 e. The lowest BCUT2D eigenvalue weighted by Crippen LogP contribution is -2.25. The molecule has 1 aromatic carbocycles. The van der Waals surface area contributed by atoms with E-state index in [1.54, 1.807) is 32.0 Å². The topological polar surface area (TPSA) is 49.7 Å². The van der Waals surface area contributed by atoms with E-state index in [-0.39, 0.29) is 12.7 Å². The summed E-state index contributed by atoms with van der Waals surface area (Å²) in [5.41, 5.74) is 0.818. The largest absolute Gasteiger partial charge is 0.487 e. The molecule has 0 aliphatic rings. The Hall–Kier alpha value is -0.580. The van der Waals surface area contributed by atoms with Crippen LogP contribution < -0.4 is 4.74 Å². The number of halogens is 1. The molecule has 1 aromatic rings. The van der Waals surface area contributed by atoms with Gasteiger partial charge < -0.3 is 14.9 Å². The van der Waals surface area contributed by atoms with E-state index in [2.05, 4.69) is 15.9 Å². The van der Waals surface area contributed by atoms with Crippen LogP contribution in [0.1, 0.15) is 19.4 Å². The predicted molar refractivity (Wildman–Crippen MR) is 61.8 cm³/mol. The summed E-state index contributed by atoms with van der Waals surface area (Å²) in [4.78, 5) is 0. The number of hydrogen-bond donors (Lipinski definition) is 2. The summed E-state index contributed by atoms with van der Waals surface area (Å²) < 4.78 is 6.31. The summed E-state index contributed by atoms with van der Waals surface area (Å²) in [6.07, 6.45) is -0.782. The number of hydrogen-bond acceptors (Lipinski definition) is 3. The molecule has 0 aromatic heterocycles. The molecular weight excluding hydrogens is 260 g/mol. The van der Waals surface area contributed by atoms with Crippen LogP contribution >= 0.6 is 15.9 Å². The van der Waals surface area contributed by atoms with Crippen LogP contribution in [0.25, 0.3) is 0 Å². The van der Waals surface area contributed by atoms with Crippen molar-refractivity contribution in [3.8, 4) is 5.75 Å². The Morgan fingerprint density at radius 1 is 1.40 bits per heavy atom. The van der Waals surface area contributed by atoms with Gasteiger partial charge in [0, 0.05) is 0 Å². The molecule has 0 heterocycles. The van der Waals surface area contributed by atoms with Crippen molar-refractivity contribution in [2.24, 2.45) is 0 Å². The second-order valence-electron chi connectivity index (χ2n) is 3.49. The average Bonchev–Trinajstić information content (AvgIpc) is 2.20. The van der Waals surface area contributed by atoms with E-state index in [1.165, 1.54) is 0 Å². The van der Waals surface area contributed by atoms with Crippen molar-refractivity contribution in [3.63, 3.8) is 0 Å². The maximum Gasteiger partial charge on any atom is 0.134 e. The third kappa shape index (κ3) is 3.48. The maximum atomic E-state index is 9.29. The van der Waals surface area contributed by atoms with Gasteiger partial charge in [-0.2, -0.15) is 0 Å². The Morgan fingerprint density at radius 3 is 2.53 bits per heavy atom. The first-order valence-electron chi connectivity index (χ1n) is 4.78. The molecule has 0 amide bonds. The molecule has 3 nitrogen and oxygen atoms in total. The van der Waals surface area contributed by atoms with Crippen LogP contribution in [0.5, 0.6) is 5.75 Å². The van der Waals surface area contributed by atoms with Crippen LogP contribution in [0.4, 0.5) is 0 Å². The highest BCUT2D eigenvalue weighted by Crippen LogP contribution is 2.27. The predicted octanol–water partition coefficient (Wildman–Crippen LogP) is 2.09. The van der Waals surface area contributed by atoms with Crippen molar-refractivity contribution in [1.29, 1.82) is 0 Å². The molecule has 0 spiro atoms. The number of aliphatic hydroxyl groups is 2. The lowest BCUT2D eigenvalue weighted by Gasteiger charge is -2.18. The van der Waals surface area contributed by atoms with E-state index >= 15 is 0 Å². The smallest absolute Gasteiger partial charge is 0.134 e. The number of aliphatic hydroxyl groups excluding tert-OH is 2. The highest BCUT2D eigenvalue weighted by molar-refractivity contribution is 9.10. The van der Waals surface area contributed by atoms with Crippen LogP contribution in [-0.4, -0.2) is 22.4 Å². The Balaban J connectivity index is 2.78. The summed E-state index contributed by atoms with van der Waals surface area (Å²) in [5, 5.41) is 18.2. The van der Waals surface area contributed by atoms with Gasteiger partial charge in [0.15, 0.2) is 0 Å². The van der Waals surface area contributed by atoms with Gasteiger partial charge in [-0.25, -0.2) is 0 Å². The van der Waals surface area contributed by atoms with Crippen molar-refractivity contribution in [3.05, 3.63) is 28.2 Å². The summed E-state index contributed by atoms with van der Waals surface area (Å²) in [7, 11) is 0. The van der Waals surface area contributed by atoms with E-state index < -0.39 is 6.10 Å². The first kappa shape index (κ1) is 12.5. The Morgan fingerprint density at radius 2 is 2.07 bits per heavy atom. The molecule has 84 valence electrons. The molecular formula is C11H15BrO3. The Labute approximate surface area is 97.8 Å². The van der Waals surface area contributed by atoms with Crippen molar-refractivity contribution < 1.29 is 14.9 Å². The van der Waals surface area contributed by atoms with E-state index in [0.717, 1.165) is 10.0 Å². The van der Waals surface area contributed by atoms with E-state index in [1.807, 2.05) is 0 Å². The van der Waals surface area contributed by atoms with Gasteiger partial charge in [-0.15, -0.1) is 0 Å². The van der Waals surface area contributed by atoms with E-state index in [9.17, 15) is 5.11 Å². The van der Waals surface area contributed by atoms with E-state index in [4.69, 9.17) is 9.84 Å². The zero-order valence-corrected chi connectivity index (χ0v) is 10.4. The molecule has 2 unspecified atom stereocenters. The molecule has 0 bridgehead atoms. The number of rotatable bonds is 4. The fourth-order valence-electron chi connectivity index (χ4n) is 1.04. The molecule has 0 saturated carbocycles. The third-order valence-electron chi connectivity index (χ3n) is 2.17.